The Morgan fingerprint density at radius 3 is 2.02 bits per heavy atom. The van der Waals surface area contributed by atoms with Crippen LogP contribution in [0.15, 0.2) is 78.9 Å². The van der Waals surface area contributed by atoms with E-state index in [1.54, 1.807) is 18.2 Å². The van der Waals surface area contributed by atoms with Crippen molar-refractivity contribution in [2.45, 2.75) is 32.3 Å². The van der Waals surface area contributed by atoms with Crippen molar-refractivity contribution < 1.29 is 39.2 Å². The number of hydrogen-bond acceptors (Lipinski definition) is 7. The number of carboxylic acids is 2. The molecule has 0 aliphatic heterocycles. The minimum absolute atomic E-state index is 0.0142. The van der Waals surface area contributed by atoms with E-state index in [2.05, 4.69) is 18.7 Å². The maximum absolute atomic E-state index is 12.7. The van der Waals surface area contributed by atoms with E-state index in [1.165, 1.54) is 6.07 Å². The predicted molar refractivity (Wildman–Crippen MR) is 159 cm³/mol. The summed E-state index contributed by atoms with van der Waals surface area (Å²) in [5.74, 6) is -3.84. The molecule has 1 unspecified atom stereocenters. The number of ether oxygens (including phenoxy) is 2. The van der Waals surface area contributed by atoms with E-state index < -0.39 is 36.4 Å². The van der Waals surface area contributed by atoms with Crippen LogP contribution in [0, 0.1) is 0 Å². The summed E-state index contributed by atoms with van der Waals surface area (Å²) in [6.45, 7) is 7.46. The summed E-state index contributed by atoms with van der Waals surface area (Å²) in [6, 6.07) is 23.3. The molecule has 42 heavy (non-hydrogen) atoms. The van der Waals surface area contributed by atoms with E-state index in [0.29, 0.717) is 23.5 Å². The van der Waals surface area contributed by atoms with Gasteiger partial charge in [-0.05, 0) is 48.5 Å². The smallest absolute Gasteiger partial charge is 0.336 e. The second kappa shape index (κ2) is 15.2. The van der Waals surface area contributed by atoms with Gasteiger partial charge in [-0.1, -0.05) is 80.0 Å². The third kappa shape index (κ3) is 8.66. The number of carbonyl (C=O) groups is 3. The summed E-state index contributed by atoms with van der Waals surface area (Å²) in [6.07, 6.45) is -2.25. The molecule has 0 heterocycles. The van der Waals surface area contributed by atoms with E-state index in [0.717, 1.165) is 30.8 Å². The average Bonchev–Trinajstić information content (AvgIpc) is 2.96. The summed E-state index contributed by atoms with van der Waals surface area (Å²) in [5.41, 5.74) is -0.293. The first-order valence-corrected chi connectivity index (χ1v) is 13.8. The van der Waals surface area contributed by atoms with Crippen molar-refractivity contribution in [1.29, 1.82) is 0 Å². The SMILES string of the molecule is CCN(CC)CCOc1ccc(/C(=C(/Cl)c2ccccc2OC(=O)CC(O)(CC(=O)O)C(=O)O)c2ccccc2)cc1. The summed E-state index contributed by atoms with van der Waals surface area (Å²) in [7, 11) is 0. The minimum atomic E-state index is -2.83. The Morgan fingerprint density at radius 2 is 1.43 bits per heavy atom. The van der Waals surface area contributed by atoms with Crippen LogP contribution in [0.5, 0.6) is 11.5 Å². The van der Waals surface area contributed by atoms with Crippen LogP contribution in [0.3, 0.4) is 0 Å². The van der Waals surface area contributed by atoms with Crippen LogP contribution >= 0.6 is 11.6 Å². The van der Waals surface area contributed by atoms with Gasteiger partial charge in [0.15, 0.2) is 5.60 Å². The molecule has 10 heteroatoms. The van der Waals surface area contributed by atoms with E-state index >= 15 is 0 Å². The van der Waals surface area contributed by atoms with Crippen molar-refractivity contribution in [3.63, 3.8) is 0 Å². The third-order valence-corrected chi connectivity index (χ3v) is 7.01. The molecule has 0 radical (unpaired) electrons. The molecule has 0 saturated carbocycles. The number of carbonyl (C=O) groups excluding carboxylic acids is 1. The zero-order valence-corrected chi connectivity index (χ0v) is 24.2. The van der Waals surface area contributed by atoms with Gasteiger partial charge in [0.2, 0.25) is 0 Å². The monoisotopic (exact) mass is 595 g/mol. The molecule has 1 atom stereocenters. The number of carboxylic acid groups (broad SMARTS) is 2. The zero-order chi connectivity index (χ0) is 30.7. The molecule has 3 aromatic rings. The van der Waals surface area contributed by atoms with Crippen LogP contribution in [-0.2, 0) is 14.4 Å². The standard InChI is InChI=1S/C32H34ClNO8/c1-3-34(4-2)18-19-41-24-16-14-23(15-17-24)29(22-10-6-5-7-11-22)30(33)25-12-8-9-13-26(25)42-28(37)21-32(40,31(38)39)20-27(35)36/h5-17,40H,3-4,18-21H2,1-2H3,(H,35,36)(H,38,39)/b30-29+. The molecule has 9 nitrogen and oxygen atoms in total. The molecule has 3 N–H and O–H groups in total. The van der Waals surface area contributed by atoms with Gasteiger partial charge in [-0.3, -0.25) is 9.59 Å². The average molecular weight is 596 g/mol. The molecule has 0 saturated heterocycles. The first kappa shape index (κ1) is 32.3. The van der Waals surface area contributed by atoms with Crippen LogP contribution in [0.1, 0.15) is 43.4 Å². The summed E-state index contributed by atoms with van der Waals surface area (Å²) < 4.78 is 11.3. The van der Waals surface area contributed by atoms with E-state index in [1.807, 2.05) is 54.6 Å². The minimum Gasteiger partial charge on any atom is -0.492 e. The van der Waals surface area contributed by atoms with Crippen molar-refractivity contribution in [2.24, 2.45) is 0 Å². The first-order valence-electron chi connectivity index (χ1n) is 13.5. The molecule has 0 amide bonds. The lowest BCUT2D eigenvalue weighted by Crippen LogP contribution is -2.43. The highest BCUT2D eigenvalue weighted by atomic mass is 35.5. The molecule has 3 rings (SSSR count). The normalized spacial score (nSPS) is 13.2. The van der Waals surface area contributed by atoms with Crippen LogP contribution in [-0.4, -0.2) is 70.0 Å². The number of para-hydroxylation sites is 1. The van der Waals surface area contributed by atoms with Crippen LogP contribution < -0.4 is 9.47 Å². The van der Waals surface area contributed by atoms with Gasteiger partial charge in [-0.25, -0.2) is 4.79 Å². The number of halogens is 1. The van der Waals surface area contributed by atoms with Gasteiger partial charge < -0.3 is 29.7 Å². The van der Waals surface area contributed by atoms with Crippen LogP contribution in [0.2, 0.25) is 0 Å². The van der Waals surface area contributed by atoms with Crippen molar-refractivity contribution in [3.8, 4) is 11.5 Å². The third-order valence-electron chi connectivity index (χ3n) is 6.62. The second-order valence-corrected chi connectivity index (χ2v) is 9.89. The Morgan fingerprint density at radius 1 is 0.833 bits per heavy atom. The Bertz CT molecular complexity index is 1400. The summed E-state index contributed by atoms with van der Waals surface area (Å²) >= 11 is 7.00. The number of aliphatic carboxylic acids is 2. The number of rotatable bonds is 15. The van der Waals surface area contributed by atoms with E-state index in [-0.39, 0.29) is 10.8 Å². The molecule has 0 bridgehead atoms. The van der Waals surface area contributed by atoms with Gasteiger partial charge in [0.25, 0.3) is 0 Å². The fourth-order valence-corrected chi connectivity index (χ4v) is 4.68. The van der Waals surface area contributed by atoms with Crippen molar-refractivity contribution >= 4 is 40.1 Å². The number of nitrogens with zero attached hydrogens (tertiary/aromatic N) is 1. The number of likely N-dealkylation sites (N-methyl/N-ethyl adjacent to an activating group) is 1. The highest BCUT2D eigenvalue weighted by molar-refractivity contribution is 6.53. The number of aliphatic hydroxyl groups is 1. The molecule has 0 fully saturated rings. The molecule has 222 valence electrons. The quantitative estimate of drug-likeness (QED) is 0.124. The maximum atomic E-state index is 12.7. The Hall–Kier alpha value is -4.18. The van der Waals surface area contributed by atoms with Crippen molar-refractivity contribution in [3.05, 3.63) is 95.6 Å². The molecule has 0 aliphatic carbocycles. The van der Waals surface area contributed by atoms with Gasteiger partial charge in [0.05, 0.1) is 17.9 Å². The van der Waals surface area contributed by atoms with Gasteiger partial charge in [-0.2, -0.15) is 0 Å². The number of esters is 1. The summed E-state index contributed by atoms with van der Waals surface area (Å²) in [5, 5.41) is 28.8. The highest BCUT2D eigenvalue weighted by Gasteiger charge is 2.41. The van der Waals surface area contributed by atoms with Gasteiger partial charge in [0, 0.05) is 17.7 Å². The Balaban J connectivity index is 1.95. The second-order valence-electron chi connectivity index (χ2n) is 9.51. The number of hydrogen-bond donors (Lipinski definition) is 3. The topological polar surface area (TPSA) is 134 Å². The number of benzene rings is 3. The van der Waals surface area contributed by atoms with E-state index in [4.69, 9.17) is 26.2 Å². The molecule has 0 aromatic heterocycles. The van der Waals surface area contributed by atoms with E-state index in [9.17, 15) is 24.6 Å². The maximum Gasteiger partial charge on any atom is 0.336 e. The fraction of sp³-hybridized carbons (Fsp3) is 0.281. The lowest BCUT2D eigenvalue weighted by atomic mass is 9.95. The molecular weight excluding hydrogens is 562 g/mol. The van der Waals surface area contributed by atoms with Gasteiger partial charge >= 0.3 is 17.9 Å². The highest BCUT2D eigenvalue weighted by Crippen LogP contribution is 2.39. The Labute approximate surface area is 249 Å². The lowest BCUT2D eigenvalue weighted by molar-refractivity contribution is -0.169. The largest absolute Gasteiger partial charge is 0.492 e. The molecule has 0 aliphatic rings. The Kier molecular flexibility index (Phi) is 11.7. The van der Waals surface area contributed by atoms with Gasteiger partial charge in [-0.15, -0.1) is 0 Å². The zero-order valence-electron chi connectivity index (χ0n) is 23.5. The van der Waals surface area contributed by atoms with Crippen molar-refractivity contribution in [1.82, 2.24) is 4.90 Å². The fourth-order valence-electron chi connectivity index (χ4n) is 4.31. The molecule has 0 spiro atoms. The molecule has 3 aromatic carbocycles. The van der Waals surface area contributed by atoms with Crippen LogP contribution in [0.4, 0.5) is 0 Å². The first-order chi connectivity index (χ1) is 20.1. The van der Waals surface area contributed by atoms with Crippen molar-refractivity contribution in [2.75, 3.05) is 26.2 Å². The van der Waals surface area contributed by atoms with Crippen LogP contribution in [0.25, 0.3) is 10.6 Å². The molecular formula is C32H34ClNO8. The predicted octanol–water partition coefficient (Wildman–Crippen LogP) is 5.15. The lowest BCUT2D eigenvalue weighted by Gasteiger charge is -2.21. The summed E-state index contributed by atoms with van der Waals surface area (Å²) in [4.78, 5) is 37.5. The van der Waals surface area contributed by atoms with Gasteiger partial charge in [0.1, 0.15) is 18.1 Å².